The van der Waals surface area contributed by atoms with Crippen LogP contribution in [0.4, 0.5) is 0 Å². The molecule has 1 nitrogen and oxygen atoms in total. The van der Waals surface area contributed by atoms with Gasteiger partial charge in [0.1, 0.15) is 0 Å². The Bertz CT molecular complexity index is 553. The number of hydrogen-bond acceptors (Lipinski definition) is 3. The second-order valence-corrected chi connectivity index (χ2v) is 9.19. The summed E-state index contributed by atoms with van der Waals surface area (Å²) in [5.41, 5.74) is 1.57. The zero-order valence-electron chi connectivity index (χ0n) is 11.3. The van der Waals surface area contributed by atoms with Gasteiger partial charge in [-0.15, -0.1) is 23.1 Å². The Morgan fingerprint density at radius 1 is 1.30 bits per heavy atom. The molecular weight excluding hydrogens is 397 g/mol. The molecule has 1 heterocycles. The Balaban J connectivity index is 1.50. The SMILES string of the molecule is Ic1cc2c(s1)CCCC2NCCSc1ccccc1. The molecule has 106 valence electrons. The normalized spacial score (nSPS) is 17.9. The number of thiophene rings is 1. The highest BCUT2D eigenvalue weighted by molar-refractivity contribution is 14.1. The minimum atomic E-state index is 0.579. The van der Waals surface area contributed by atoms with Crippen molar-refractivity contribution in [2.45, 2.75) is 30.2 Å². The Morgan fingerprint density at radius 3 is 3.00 bits per heavy atom. The number of hydrogen-bond donors (Lipinski definition) is 1. The highest BCUT2D eigenvalue weighted by Crippen LogP contribution is 2.36. The third-order valence-corrected chi connectivity index (χ3v) is 6.57. The summed E-state index contributed by atoms with van der Waals surface area (Å²) in [5.74, 6) is 1.14. The molecule has 1 aliphatic carbocycles. The number of benzene rings is 1. The molecule has 1 aliphatic rings. The van der Waals surface area contributed by atoms with Gasteiger partial charge in [-0.1, -0.05) is 18.2 Å². The summed E-state index contributed by atoms with van der Waals surface area (Å²) >= 11 is 6.36. The van der Waals surface area contributed by atoms with Crippen molar-refractivity contribution in [3.05, 3.63) is 49.7 Å². The van der Waals surface area contributed by atoms with Crippen LogP contribution < -0.4 is 5.32 Å². The van der Waals surface area contributed by atoms with Gasteiger partial charge in [-0.05, 0) is 65.6 Å². The Labute approximate surface area is 142 Å². The lowest BCUT2D eigenvalue weighted by molar-refractivity contribution is 0.477. The van der Waals surface area contributed by atoms with E-state index in [1.165, 1.54) is 27.0 Å². The number of fused-ring (bicyclic) bond motifs is 1. The van der Waals surface area contributed by atoms with Gasteiger partial charge < -0.3 is 5.32 Å². The van der Waals surface area contributed by atoms with Crippen molar-refractivity contribution in [3.8, 4) is 0 Å². The average molecular weight is 415 g/mol. The zero-order valence-corrected chi connectivity index (χ0v) is 15.1. The van der Waals surface area contributed by atoms with E-state index in [0.717, 1.165) is 12.3 Å². The fourth-order valence-corrected chi connectivity index (χ4v) is 5.58. The van der Waals surface area contributed by atoms with Crippen molar-refractivity contribution in [1.82, 2.24) is 5.32 Å². The van der Waals surface area contributed by atoms with Crippen LogP contribution in [-0.2, 0) is 6.42 Å². The minimum absolute atomic E-state index is 0.579. The van der Waals surface area contributed by atoms with Gasteiger partial charge in [0, 0.05) is 28.1 Å². The van der Waals surface area contributed by atoms with Crippen LogP contribution in [0.5, 0.6) is 0 Å². The average Bonchev–Trinajstić information content (AvgIpc) is 2.86. The number of nitrogens with one attached hydrogen (secondary N) is 1. The fourth-order valence-electron chi connectivity index (χ4n) is 2.65. The topological polar surface area (TPSA) is 12.0 Å². The van der Waals surface area contributed by atoms with E-state index in [4.69, 9.17) is 0 Å². The monoisotopic (exact) mass is 415 g/mol. The van der Waals surface area contributed by atoms with Crippen molar-refractivity contribution >= 4 is 45.7 Å². The maximum Gasteiger partial charge on any atom is 0.0659 e. The lowest BCUT2D eigenvalue weighted by atomic mass is 9.94. The molecule has 20 heavy (non-hydrogen) atoms. The maximum atomic E-state index is 3.74. The Kier molecular flexibility index (Phi) is 5.42. The molecule has 0 amide bonds. The van der Waals surface area contributed by atoms with Gasteiger partial charge >= 0.3 is 0 Å². The third-order valence-electron chi connectivity index (χ3n) is 3.59. The molecule has 3 rings (SSSR count). The minimum Gasteiger partial charge on any atom is -0.309 e. The third kappa shape index (κ3) is 3.78. The summed E-state index contributed by atoms with van der Waals surface area (Å²) in [4.78, 5) is 2.97. The van der Waals surface area contributed by atoms with Crippen LogP contribution >= 0.6 is 45.7 Å². The number of thioether (sulfide) groups is 1. The van der Waals surface area contributed by atoms with Crippen molar-refractivity contribution in [2.24, 2.45) is 0 Å². The standard InChI is InChI=1S/C16H18INS2/c17-16-11-13-14(7-4-8-15(13)20-16)18-9-10-19-12-5-2-1-3-6-12/h1-3,5-6,11,14,18H,4,7-10H2. The summed E-state index contributed by atoms with van der Waals surface area (Å²) in [6.45, 7) is 1.08. The number of halogens is 1. The lowest BCUT2D eigenvalue weighted by Gasteiger charge is -2.23. The van der Waals surface area contributed by atoms with Gasteiger partial charge in [-0.3, -0.25) is 0 Å². The van der Waals surface area contributed by atoms with E-state index in [2.05, 4.69) is 64.3 Å². The van der Waals surface area contributed by atoms with Crippen LogP contribution in [0.25, 0.3) is 0 Å². The Hall–Kier alpha value is -0.0400. The van der Waals surface area contributed by atoms with Gasteiger partial charge in [-0.2, -0.15) is 0 Å². The van der Waals surface area contributed by atoms with Crippen LogP contribution in [-0.4, -0.2) is 12.3 Å². The Morgan fingerprint density at radius 2 is 2.15 bits per heavy atom. The summed E-state index contributed by atoms with van der Waals surface area (Å²) in [6.07, 6.45) is 3.89. The van der Waals surface area contributed by atoms with E-state index < -0.39 is 0 Å². The van der Waals surface area contributed by atoms with E-state index in [1.807, 2.05) is 23.1 Å². The van der Waals surface area contributed by atoms with E-state index in [0.29, 0.717) is 6.04 Å². The van der Waals surface area contributed by atoms with Crippen molar-refractivity contribution in [1.29, 1.82) is 0 Å². The molecule has 0 saturated carbocycles. The molecular formula is C16H18INS2. The fraction of sp³-hybridized carbons (Fsp3) is 0.375. The zero-order chi connectivity index (χ0) is 13.8. The lowest BCUT2D eigenvalue weighted by Crippen LogP contribution is -2.26. The predicted molar refractivity (Wildman–Crippen MR) is 97.9 cm³/mol. The van der Waals surface area contributed by atoms with Crippen LogP contribution in [0, 0.1) is 2.88 Å². The first-order chi connectivity index (χ1) is 9.83. The second-order valence-electron chi connectivity index (χ2n) is 4.99. The van der Waals surface area contributed by atoms with Crippen molar-refractivity contribution < 1.29 is 0 Å². The van der Waals surface area contributed by atoms with Gasteiger partial charge in [0.15, 0.2) is 0 Å². The molecule has 0 fully saturated rings. The maximum absolute atomic E-state index is 3.74. The van der Waals surface area contributed by atoms with Crippen LogP contribution in [0.2, 0.25) is 0 Å². The molecule has 2 aromatic rings. The molecule has 1 aromatic heterocycles. The van der Waals surface area contributed by atoms with Crippen LogP contribution in [0.1, 0.15) is 29.3 Å². The number of aryl methyl sites for hydroxylation is 1. The molecule has 0 spiro atoms. The van der Waals surface area contributed by atoms with E-state index in [9.17, 15) is 0 Å². The highest BCUT2D eigenvalue weighted by Gasteiger charge is 2.21. The van der Waals surface area contributed by atoms with E-state index >= 15 is 0 Å². The largest absolute Gasteiger partial charge is 0.309 e. The van der Waals surface area contributed by atoms with E-state index in [-0.39, 0.29) is 0 Å². The summed E-state index contributed by atoms with van der Waals surface area (Å²) in [6, 6.07) is 13.6. The quantitative estimate of drug-likeness (QED) is 0.414. The molecule has 0 radical (unpaired) electrons. The first-order valence-electron chi connectivity index (χ1n) is 7.02. The molecule has 1 unspecified atom stereocenters. The van der Waals surface area contributed by atoms with Gasteiger partial charge in [0.2, 0.25) is 0 Å². The second kappa shape index (κ2) is 7.29. The first-order valence-corrected chi connectivity index (χ1v) is 9.90. The van der Waals surface area contributed by atoms with Crippen molar-refractivity contribution in [3.63, 3.8) is 0 Å². The first kappa shape index (κ1) is 14.9. The molecule has 0 bridgehead atoms. The molecule has 4 heteroatoms. The van der Waals surface area contributed by atoms with Crippen LogP contribution in [0.15, 0.2) is 41.3 Å². The van der Waals surface area contributed by atoms with E-state index in [1.54, 1.807) is 10.4 Å². The molecule has 0 saturated heterocycles. The van der Waals surface area contributed by atoms with Gasteiger partial charge in [-0.25, -0.2) is 0 Å². The predicted octanol–water partition coefficient (Wildman–Crippen LogP) is 5.11. The smallest absolute Gasteiger partial charge is 0.0659 e. The van der Waals surface area contributed by atoms with Gasteiger partial charge in [0.05, 0.1) is 2.88 Å². The van der Waals surface area contributed by atoms with Gasteiger partial charge in [0.25, 0.3) is 0 Å². The molecule has 1 N–H and O–H groups in total. The highest BCUT2D eigenvalue weighted by atomic mass is 127. The van der Waals surface area contributed by atoms with Crippen LogP contribution in [0.3, 0.4) is 0 Å². The molecule has 1 atom stereocenters. The summed E-state index contributed by atoms with van der Waals surface area (Å²) in [5, 5.41) is 3.74. The molecule has 0 aliphatic heterocycles. The summed E-state index contributed by atoms with van der Waals surface area (Å²) < 4.78 is 1.43. The summed E-state index contributed by atoms with van der Waals surface area (Å²) in [7, 11) is 0. The molecule has 1 aromatic carbocycles. The number of rotatable bonds is 5. The van der Waals surface area contributed by atoms with Crippen molar-refractivity contribution in [2.75, 3.05) is 12.3 Å².